The summed E-state index contributed by atoms with van der Waals surface area (Å²) < 4.78 is 1.50. The second-order valence-corrected chi connectivity index (χ2v) is 8.37. The van der Waals surface area contributed by atoms with Crippen LogP contribution in [0.5, 0.6) is 0 Å². The molecule has 0 saturated carbocycles. The van der Waals surface area contributed by atoms with Gasteiger partial charge in [0.2, 0.25) is 5.91 Å². The van der Waals surface area contributed by atoms with Gasteiger partial charge in [0.05, 0.1) is 27.3 Å². The number of fused-ring (bicyclic) bond motifs is 1. The van der Waals surface area contributed by atoms with Gasteiger partial charge >= 0.3 is 0 Å². The summed E-state index contributed by atoms with van der Waals surface area (Å²) in [6.45, 7) is 3.95. The molecule has 1 amide bonds. The number of anilines is 1. The zero-order valence-electron chi connectivity index (χ0n) is 17.9. The Morgan fingerprint density at radius 1 is 1.06 bits per heavy atom. The first kappa shape index (κ1) is 22.2. The first-order valence-electron chi connectivity index (χ1n) is 10.1. The predicted molar refractivity (Wildman–Crippen MR) is 129 cm³/mol. The highest BCUT2D eigenvalue weighted by molar-refractivity contribution is 7.99. The van der Waals surface area contributed by atoms with Crippen molar-refractivity contribution in [2.45, 2.75) is 19.0 Å². The number of nitrogens with one attached hydrogen (secondary N) is 1. The van der Waals surface area contributed by atoms with Gasteiger partial charge in [0.25, 0.3) is 11.2 Å². The van der Waals surface area contributed by atoms with Crippen LogP contribution in [0.2, 0.25) is 0 Å². The lowest BCUT2D eigenvalue weighted by Crippen LogP contribution is -2.23. The largest absolute Gasteiger partial charge is 0.320 e. The van der Waals surface area contributed by atoms with Crippen molar-refractivity contribution < 1.29 is 9.72 Å². The molecule has 0 aliphatic heterocycles. The third-order valence-electron chi connectivity index (χ3n) is 5.20. The highest BCUT2D eigenvalue weighted by atomic mass is 32.2. The number of para-hydroxylation sites is 3. The normalized spacial score (nSPS) is 10.8. The molecule has 33 heavy (non-hydrogen) atoms. The van der Waals surface area contributed by atoms with E-state index < -0.39 is 10.8 Å². The standard InChI is InChI=1S/C24H20N4O4S/c1-15-11-12-17(13-16(15)2)27-23(30)18-7-3-4-8-19(18)26-24(27)33-14-22(29)25-20-9-5-6-10-21(20)28(31)32/h3-13H,14H2,1-2H3,(H,25,29). The number of amides is 1. The average molecular weight is 461 g/mol. The molecule has 4 rings (SSSR count). The van der Waals surface area contributed by atoms with Crippen LogP contribution in [0, 0.1) is 24.0 Å². The van der Waals surface area contributed by atoms with E-state index in [2.05, 4.69) is 10.3 Å². The molecule has 3 aromatic carbocycles. The zero-order valence-corrected chi connectivity index (χ0v) is 18.8. The van der Waals surface area contributed by atoms with E-state index in [-0.39, 0.29) is 22.7 Å². The molecular formula is C24H20N4O4S. The van der Waals surface area contributed by atoms with Gasteiger partial charge in [-0.3, -0.25) is 24.3 Å². The van der Waals surface area contributed by atoms with E-state index in [0.717, 1.165) is 22.9 Å². The molecule has 0 fully saturated rings. The Hall–Kier alpha value is -3.98. The van der Waals surface area contributed by atoms with E-state index in [9.17, 15) is 19.7 Å². The van der Waals surface area contributed by atoms with Crippen molar-refractivity contribution >= 4 is 39.9 Å². The summed E-state index contributed by atoms with van der Waals surface area (Å²) in [4.78, 5) is 41.2. The molecule has 166 valence electrons. The zero-order chi connectivity index (χ0) is 23.5. The summed E-state index contributed by atoms with van der Waals surface area (Å²) in [5.41, 5.74) is 3.01. The Bertz CT molecular complexity index is 1450. The van der Waals surface area contributed by atoms with Crippen molar-refractivity contribution in [1.82, 2.24) is 9.55 Å². The number of aromatic nitrogens is 2. The maximum atomic E-state index is 13.3. The molecule has 1 N–H and O–H groups in total. The maximum Gasteiger partial charge on any atom is 0.292 e. The topological polar surface area (TPSA) is 107 Å². The molecule has 1 heterocycles. The van der Waals surface area contributed by atoms with Gasteiger partial charge in [0.15, 0.2) is 5.16 Å². The van der Waals surface area contributed by atoms with Crippen LogP contribution >= 0.6 is 11.8 Å². The molecule has 0 aliphatic rings. The quantitative estimate of drug-likeness (QED) is 0.194. The first-order chi connectivity index (χ1) is 15.8. The van der Waals surface area contributed by atoms with Crippen molar-refractivity contribution in [2.75, 3.05) is 11.1 Å². The second-order valence-electron chi connectivity index (χ2n) is 7.43. The summed E-state index contributed by atoms with van der Waals surface area (Å²) in [6, 6.07) is 18.7. The second kappa shape index (κ2) is 9.25. The van der Waals surface area contributed by atoms with E-state index in [1.54, 1.807) is 30.3 Å². The highest BCUT2D eigenvalue weighted by Crippen LogP contribution is 2.25. The van der Waals surface area contributed by atoms with Crippen LogP contribution in [0.15, 0.2) is 76.7 Å². The number of nitro groups is 1. The molecule has 0 bridgehead atoms. The van der Waals surface area contributed by atoms with Crippen molar-refractivity contribution in [3.8, 4) is 5.69 Å². The summed E-state index contributed by atoms with van der Waals surface area (Å²) in [5.74, 6) is -0.523. The van der Waals surface area contributed by atoms with E-state index >= 15 is 0 Å². The Kier molecular flexibility index (Phi) is 6.23. The van der Waals surface area contributed by atoms with Crippen LogP contribution in [0.25, 0.3) is 16.6 Å². The lowest BCUT2D eigenvalue weighted by molar-refractivity contribution is -0.383. The van der Waals surface area contributed by atoms with Gasteiger partial charge < -0.3 is 5.32 Å². The van der Waals surface area contributed by atoms with Crippen LogP contribution in [0.1, 0.15) is 11.1 Å². The number of aryl methyl sites for hydroxylation is 2. The number of nitrogens with zero attached hydrogens (tertiary/aromatic N) is 3. The molecular weight excluding hydrogens is 440 g/mol. The van der Waals surface area contributed by atoms with Crippen molar-refractivity contribution in [2.24, 2.45) is 0 Å². The number of hydrogen-bond donors (Lipinski definition) is 1. The number of benzene rings is 3. The number of thioether (sulfide) groups is 1. The molecule has 8 nitrogen and oxygen atoms in total. The van der Waals surface area contributed by atoms with Gasteiger partial charge in [0.1, 0.15) is 5.69 Å². The van der Waals surface area contributed by atoms with Gasteiger partial charge in [-0.05, 0) is 55.3 Å². The predicted octanol–water partition coefficient (Wildman–Crippen LogP) is 4.64. The van der Waals surface area contributed by atoms with E-state index in [1.807, 2.05) is 32.0 Å². The van der Waals surface area contributed by atoms with Gasteiger partial charge in [-0.25, -0.2) is 4.98 Å². The number of hydrogen-bond acceptors (Lipinski definition) is 6. The summed E-state index contributed by atoms with van der Waals surface area (Å²) >= 11 is 1.09. The fraction of sp³-hybridized carbons (Fsp3) is 0.125. The molecule has 0 aliphatic carbocycles. The Labute approximate surface area is 193 Å². The minimum atomic E-state index is -0.551. The fourth-order valence-electron chi connectivity index (χ4n) is 3.36. The minimum absolute atomic E-state index is 0.0817. The SMILES string of the molecule is Cc1ccc(-n2c(SCC(=O)Nc3ccccc3[N+](=O)[O-])nc3ccccc3c2=O)cc1C. The van der Waals surface area contributed by atoms with Crippen LogP contribution < -0.4 is 10.9 Å². The van der Waals surface area contributed by atoms with Crippen molar-refractivity contribution in [3.63, 3.8) is 0 Å². The molecule has 1 aromatic heterocycles. The lowest BCUT2D eigenvalue weighted by atomic mass is 10.1. The summed E-state index contributed by atoms with van der Waals surface area (Å²) in [7, 11) is 0. The third-order valence-corrected chi connectivity index (χ3v) is 6.14. The van der Waals surface area contributed by atoms with Crippen LogP contribution in [0.4, 0.5) is 11.4 Å². The summed E-state index contributed by atoms with van der Waals surface area (Å²) in [6.07, 6.45) is 0. The summed E-state index contributed by atoms with van der Waals surface area (Å²) in [5, 5.41) is 14.6. The number of carbonyl (C=O) groups is 1. The van der Waals surface area contributed by atoms with Gasteiger partial charge in [-0.1, -0.05) is 42.1 Å². The highest BCUT2D eigenvalue weighted by Gasteiger charge is 2.18. The molecule has 9 heteroatoms. The molecule has 0 spiro atoms. The maximum absolute atomic E-state index is 13.3. The van der Waals surface area contributed by atoms with Crippen LogP contribution in [0.3, 0.4) is 0 Å². The van der Waals surface area contributed by atoms with Gasteiger partial charge in [0, 0.05) is 6.07 Å². The first-order valence-corrected chi connectivity index (χ1v) is 11.1. The lowest BCUT2D eigenvalue weighted by Gasteiger charge is -2.14. The average Bonchev–Trinajstić information content (AvgIpc) is 2.80. The number of rotatable bonds is 6. The fourth-order valence-corrected chi connectivity index (χ4v) is 4.17. The van der Waals surface area contributed by atoms with Crippen LogP contribution in [-0.4, -0.2) is 26.1 Å². The van der Waals surface area contributed by atoms with Crippen molar-refractivity contribution in [1.29, 1.82) is 0 Å². The number of carbonyl (C=O) groups excluding carboxylic acids is 1. The van der Waals surface area contributed by atoms with Gasteiger partial charge in [-0.2, -0.15) is 0 Å². The Balaban J connectivity index is 1.69. The van der Waals surface area contributed by atoms with Crippen molar-refractivity contribution in [3.05, 3.63) is 98.3 Å². The Morgan fingerprint density at radius 2 is 1.79 bits per heavy atom. The molecule has 0 radical (unpaired) electrons. The third kappa shape index (κ3) is 4.63. The van der Waals surface area contributed by atoms with E-state index in [1.165, 1.54) is 22.8 Å². The van der Waals surface area contributed by atoms with Crippen LogP contribution in [-0.2, 0) is 4.79 Å². The van der Waals surface area contributed by atoms with E-state index in [4.69, 9.17) is 0 Å². The molecule has 4 aromatic rings. The molecule has 0 unspecified atom stereocenters. The van der Waals surface area contributed by atoms with Gasteiger partial charge in [-0.15, -0.1) is 0 Å². The number of nitro benzene ring substituents is 1. The van der Waals surface area contributed by atoms with E-state index in [0.29, 0.717) is 21.7 Å². The molecule has 0 saturated heterocycles. The monoisotopic (exact) mass is 460 g/mol. The minimum Gasteiger partial charge on any atom is -0.320 e. The Morgan fingerprint density at radius 3 is 2.55 bits per heavy atom. The smallest absolute Gasteiger partial charge is 0.292 e. The molecule has 0 atom stereocenters.